The van der Waals surface area contributed by atoms with Crippen LogP contribution in [-0.4, -0.2) is 16.7 Å². The predicted molar refractivity (Wildman–Crippen MR) is 77.9 cm³/mol. The molecule has 110 valence electrons. The number of carboxylic acid groups (broad SMARTS) is 1. The SMILES string of the molecule is CC1(C)Cc2cc(C(N)CCCCC(=O)O)ccc2O1. The average Bonchev–Trinajstić information content (AvgIpc) is 2.66. The first-order valence-electron chi connectivity index (χ1n) is 7.16. The molecule has 4 heteroatoms. The molecule has 0 amide bonds. The van der Waals surface area contributed by atoms with Crippen LogP contribution < -0.4 is 10.5 Å². The number of hydrogen-bond acceptors (Lipinski definition) is 3. The molecular formula is C16H23NO3. The Bertz CT molecular complexity index is 496. The second kappa shape index (κ2) is 5.83. The normalized spacial score (nSPS) is 17.4. The van der Waals surface area contributed by atoms with Crippen molar-refractivity contribution >= 4 is 5.97 Å². The van der Waals surface area contributed by atoms with Crippen LogP contribution in [0.3, 0.4) is 0 Å². The van der Waals surface area contributed by atoms with Gasteiger partial charge in [-0.25, -0.2) is 0 Å². The van der Waals surface area contributed by atoms with E-state index in [0.29, 0.717) is 6.42 Å². The van der Waals surface area contributed by atoms with E-state index in [4.69, 9.17) is 15.6 Å². The second-order valence-corrected chi connectivity index (χ2v) is 6.15. The van der Waals surface area contributed by atoms with E-state index >= 15 is 0 Å². The summed E-state index contributed by atoms with van der Waals surface area (Å²) in [5.41, 5.74) is 8.38. The fraction of sp³-hybridized carbons (Fsp3) is 0.562. The molecule has 20 heavy (non-hydrogen) atoms. The van der Waals surface area contributed by atoms with Crippen LogP contribution in [0, 0.1) is 0 Å². The molecule has 1 aromatic rings. The lowest BCUT2D eigenvalue weighted by atomic mass is 9.96. The van der Waals surface area contributed by atoms with E-state index < -0.39 is 5.97 Å². The van der Waals surface area contributed by atoms with Crippen LogP contribution in [0.5, 0.6) is 5.75 Å². The third kappa shape index (κ3) is 3.73. The molecule has 1 aromatic carbocycles. The molecule has 0 spiro atoms. The highest BCUT2D eigenvalue weighted by atomic mass is 16.5. The number of nitrogens with two attached hydrogens (primary N) is 1. The minimum atomic E-state index is -0.740. The van der Waals surface area contributed by atoms with E-state index in [-0.39, 0.29) is 18.1 Å². The van der Waals surface area contributed by atoms with Crippen molar-refractivity contribution in [3.8, 4) is 5.75 Å². The lowest BCUT2D eigenvalue weighted by Crippen LogP contribution is -2.24. The number of hydrogen-bond donors (Lipinski definition) is 2. The van der Waals surface area contributed by atoms with Crippen molar-refractivity contribution in [2.75, 3.05) is 0 Å². The molecule has 0 bridgehead atoms. The number of aliphatic carboxylic acids is 1. The van der Waals surface area contributed by atoms with Crippen molar-refractivity contribution in [2.24, 2.45) is 5.73 Å². The summed E-state index contributed by atoms with van der Waals surface area (Å²) >= 11 is 0. The Balaban J connectivity index is 1.92. The van der Waals surface area contributed by atoms with Gasteiger partial charge in [-0.15, -0.1) is 0 Å². The molecule has 1 unspecified atom stereocenters. The van der Waals surface area contributed by atoms with Crippen LogP contribution in [-0.2, 0) is 11.2 Å². The van der Waals surface area contributed by atoms with Crippen molar-refractivity contribution in [3.05, 3.63) is 29.3 Å². The summed E-state index contributed by atoms with van der Waals surface area (Å²) in [5.74, 6) is 0.215. The number of ether oxygens (including phenoxy) is 1. The summed E-state index contributed by atoms with van der Waals surface area (Å²) in [4.78, 5) is 10.5. The van der Waals surface area contributed by atoms with Crippen LogP contribution in [0.15, 0.2) is 18.2 Å². The smallest absolute Gasteiger partial charge is 0.303 e. The van der Waals surface area contributed by atoms with Crippen molar-refractivity contribution in [3.63, 3.8) is 0 Å². The maximum absolute atomic E-state index is 10.5. The number of benzene rings is 1. The summed E-state index contributed by atoms with van der Waals surface area (Å²) in [6, 6.07) is 6.11. The summed E-state index contributed by atoms with van der Waals surface area (Å²) in [5, 5.41) is 8.61. The van der Waals surface area contributed by atoms with E-state index in [2.05, 4.69) is 19.9 Å². The summed E-state index contributed by atoms with van der Waals surface area (Å²) in [7, 11) is 0. The molecule has 0 fully saturated rings. The fourth-order valence-corrected chi connectivity index (χ4v) is 2.67. The molecule has 2 rings (SSSR count). The van der Waals surface area contributed by atoms with Crippen molar-refractivity contribution in [1.29, 1.82) is 0 Å². The van der Waals surface area contributed by atoms with Crippen LogP contribution >= 0.6 is 0 Å². The van der Waals surface area contributed by atoms with Gasteiger partial charge in [0.15, 0.2) is 0 Å². The van der Waals surface area contributed by atoms with Crippen molar-refractivity contribution in [2.45, 2.75) is 57.6 Å². The highest BCUT2D eigenvalue weighted by Gasteiger charge is 2.30. The summed E-state index contributed by atoms with van der Waals surface area (Å²) in [6.07, 6.45) is 3.47. The first-order valence-corrected chi connectivity index (χ1v) is 7.16. The van der Waals surface area contributed by atoms with Crippen molar-refractivity contribution < 1.29 is 14.6 Å². The number of rotatable bonds is 6. The van der Waals surface area contributed by atoms with Gasteiger partial charge in [0.2, 0.25) is 0 Å². The first kappa shape index (κ1) is 14.9. The van der Waals surface area contributed by atoms with E-state index in [1.165, 1.54) is 5.56 Å². The van der Waals surface area contributed by atoms with Gasteiger partial charge < -0.3 is 15.6 Å². The van der Waals surface area contributed by atoms with Gasteiger partial charge in [0.05, 0.1) is 0 Å². The van der Waals surface area contributed by atoms with E-state index in [9.17, 15) is 4.79 Å². The molecule has 0 radical (unpaired) electrons. The number of carbonyl (C=O) groups is 1. The summed E-state index contributed by atoms with van der Waals surface area (Å²) in [6.45, 7) is 4.16. The van der Waals surface area contributed by atoms with E-state index in [1.54, 1.807) is 0 Å². The Morgan fingerprint density at radius 1 is 1.45 bits per heavy atom. The molecule has 0 aromatic heterocycles. The summed E-state index contributed by atoms with van der Waals surface area (Å²) < 4.78 is 5.85. The van der Waals surface area contributed by atoms with Crippen LogP contribution in [0.2, 0.25) is 0 Å². The van der Waals surface area contributed by atoms with Gasteiger partial charge in [0, 0.05) is 18.9 Å². The molecule has 0 saturated carbocycles. The highest BCUT2D eigenvalue weighted by Crippen LogP contribution is 2.36. The molecule has 4 nitrogen and oxygen atoms in total. The minimum Gasteiger partial charge on any atom is -0.487 e. The standard InChI is InChI=1S/C16H23NO3/c1-16(2)10-12-9-11(7-8-14(12)20-16)13(17)5-3-4-6-15(18)19/h7-9,13H,3-6,10,17H2,1-2H3,(H,18,19). The lowest BCUT2D eigenvalue weighted by molar-refractivity contribution is -0.137. The van der Waals surface area contributed by atoms with Gasteiger partial charge >= 0.3 is 5.97 Å². The molecule has 1 atom stereocenters. The van der Waals surface area contributed by atoms with E-state index in [0.717, 1.165) is 30.6 Å². The zero-order valence-corrected chi connectivity index (χ0v) is 12.2. The van der Waals surface area contributed by atoms with Gasteiger partial charge in [0.1, 0.15) is 11.4 Å². The lowest BCUT2D eigenvalue weighted by Gasteiger charge is -2.16. The van der Waals surface area contributed by atoms with Crippen LogP contribution in [0.1, 0.15) is 56.7 Å². The zero-order valence-electron chi connectivity index (χ0n) is 12.2. The van der Waals surface area contributed by atoms with Gasteiger partial charge in [-0.05, 0) is 43.9 Å². The maximum atomic E-state index is 10.5. The fourth-order valence-electron chi connectivity index (χ4n) is 2.67. The Labute approximate surface area is 119 Å². The largest absolute Gasteiger partial charge is 0.487 e. The van der Waals surface area contributed by atoms with Gasteiger partial charge in [-0.3, -0.25) is 4.79 Å². The van der Waals surface area contributed by atoms with Crippen molar-refractivity contribution in [1.82, 2.24) is 0 Å². The zero-order chi connectivity index (χ0) is 14.8. The maximum Gasteiger partial charge on any atom is 0.303 e. The third-order valence-electron chi connectivity index (χ3n) is 3.67. The van der Waals surface area contributed by atoms with Gasteiger partial charge in [-0.2, -0.15) is 0 Å². The van der Waals surface area contributed by atoms with Crippen LogP contribution in [0.4, 0.5) is 0 Å². The molecule has 0 aliphatic carbocycles. The topological polar surface area (TPSA) is 72.6 Å². The quantitative estimate of drug-likeness (QED) is 0.784. The minimum absolute atomic E-state index is 0.0298. The average molecular weight is 277 g/mol. The molecule has 0 saturated heterocycles. The molecule has 1 aliphatic heterocycles. The molecular weight excluding hydrogens is 254 g/mol. The molecule has 1 heterocycles. The van der Waals surface area contributed by atoms with E-state index in [1.807, 2.05) is 12.1 Å². The van der Waals surface area contributed by atoms with Gasteiger partial charge in [0.25, 0.3) is 0 Å². The highest BCUT2D eigenvalue weighted by molar-refractivity contribution is 5.66. The Kier molecular flexibility index (Phi) is 4.33. The van der Waals surface area contributed by atoms with Crippen LogP contribution in [0.25, 0.3) is 0 Å². The van der Waals surface area contributed by atoms with Gasteiger partial charge in [-0.1, -0.05) is 18.6 Å². The predicted octanol–water partition coefficient (Wildman–Crippen LogP) is 3.04. The monoisotopic (exact) mass is 277 g/mol. The number of unbranched alkanes of at least 4 members (excludes halogenated alkanes) is 1. The third-order valence-corrected chi connectivity index (χ3v) is 3.67. The Morgan fingerprint density at radius 2 is 2.20 bits per heavy atom. The number of carboxylic acids is 1. The Hall–Kier alpha value is -1.55. The molecule has 1 aliphatic rings. The molecule has 3 N–H and O–H groups in total. The number of fused-ring (bicyclic) bond motifs is 1. The first-order chi connectivity index (χ1) is 9.37. The second-order valence-electron chi connectivity index (χ2n) is 6.15. The Morgan fingerprint density at radius 3 is 2.90 bits per heavy atom.